The zero-order valence-electron chi connectivity index (χ0n) is 8.69. The SMILES string of the molecule is CC(C)(N)c1cc(C(F)(F)F)cc(Br)c1O. The third-order valence-corrected chi connectivity index (χ3v) is 2.69. The maximum absolute atomic E-state index is 12.5. The summed E-state index contributed by atoms with van der Waals surface area (Å²) >= 11 is 2.88. The molecule has 0 saturated carbocycles. The van der Waals surface area contributed by atoms with E-state index >= 15 is 0 Å². The molecule has 0 aliphatic rings. The molecule has 6 heteroatoms. The normalized spacial score (nSPS) is 12.9. The molecular weight excluding hydrogens is 287 g/mol. The molecule has 1 rings (SSSR count). The van der Waals surface area contributed by atoms with E-state index in [9.17, 15) is 18.3 Å². The van der Waals surface area contributed by atoms with Gasteiger partial charge in [0.05, 0.1) is 10.0 Å². The van der Waals surface area contributed by atoms with E-state index in [2.05, 4.69) is 15.9 Å². The van der Waals surface area contributed by atoms with Crippen molar-refractivity contribution in [2.75, 3.05) is 0 Å². The Labute approximate surface area is 99.4 Å². The van der Waals surface area contributed by atoms with Crippen LogP contribution >= 0.6 is 15.9 Å². The van der Waals surface area contributed by atoms with Gasteiger partial charge in [-0.05, 0) is 41.9 Å². The van der Waals surface area contributed by atoms with Crippen LogP contribution in [0.5, 0.6) is 5.75 Å². The van der Waals surface area contributed by atoms with E-state index in [1.54, 1.807) is 0 Å². The second-order valence-electron chi connectivity index (χ2n) is 4.07. The first-order valence-electron chi connectivity index (χ1n) is 4.42. The topological polar surface area (TPSA) is 46.2 Å². The highest BCUT2D eigenvalue weighted by Gasteiger charge is 2.33. The first-order valence-corrected chi connectivity index (χ1v) is 5.22. The van der Waals surface area contributed by atoms with Gasteiger partial charge in [-0.15, -0.1) is 0 Å². The summed E-state index contributed by atoms with van der Waals surface area (Å²) in [5.41, 5.74) is 3.85. The smallest absolute Gasteiger partial charge is 0.416 e. The van der Waals surface area contributed by atoms with Crippen LogP contribution in [-0.2, 0) is 11.7 Å². The summed E-state index contributed by atoms with van der Waals surface area (Å²) in [4.78, 5) is 0. The summed E-state index contributed by atoms with van der Waals surface area (Å²) in [6, 6.07) is 1.69. The van der Waals surface area contributed by atoms with Crippen molar-refractivity contribution in [3.63, 3.8) is 0 Å². The molecule has 0 heterocycles. The van der Waals surface area contributed by atoms with E-state index in [4.69, 9.17) is 5.73 Å². The van der Waals surface area contributed by atoms with Gasteiger partial charge in [0, 0.05) is 11.1 Å². The van der Waals surface area contributed by atoms with Crippen LogP contribution in [0.25, 0.3) is 0 Å². The van der Waals surface area contributed by atoms with E-state index in [-0.39, 0.29) is 15.8 Å². The van der Waals surface area contributed by atoms with Gasteiger partial charge in [0.1, 0.15) is 5.75 Å². The minimum atomic E-state index is -4.46. The van der Waals surface area contributed by atoms with Gasteiger partial charge in [-0.1, -0.05) is 0 Å². The molecule has 2 nitrogen and oxygen atoms in total. The third kappa shape index (κ3) is 2.68. The molecule has 0 saturated heterocycles. The average molecular weight is 298 g/mol. The molecule has 90 valence electrons. The van der Waals surface area contributed by atoms with Crippen LogP contribution in [0, 0.1) is 0 Å². The standard InChI is InChI=1S/C10H11BrF3NO/c1-9(2,15)6-3-5(10(12,13)14)4-7(11)8(6)16/h3-4,16H,15H2,1-2H3. The Bertz CT molecular complexity index is 410. The molecule has 0 atom stereocenters. The quantitative estimate of drug-likeness (QED) is 0.835. The zero-order chi connectivity index (χ0) is 12.7. The van der Waals surface area contributed by atoms with Crippen molar-refractivity contribution in [1.29, 1.82) is 0 Å². The molecule has 0 radical (unpaired) electrons. The Kier molecular flexibility index (Phi) is 3.27. The van der Waals surface area contributed by atoms with Gasteiger partial charge in [-0.2, -0.15) is 13.2 Å². The number of halogens is 4. The summed E-state index contributed by atoms with van der Waals surface area (Å²) in [5.74, 6) is -0.263. The Hall–Kier alpha value is -0.750. The first kappa shape index (κ1) is 13.3. The van der Waals surface area contributed by atoms with Crippen molar-refractivity contribution in [2.45, 2.75) is 25.6 Å². The van der Waals surface area contributed by atoms with Crippen molar-refractivity contribution >= 4 is 15.9 Å². The molecule has 3 N–H and O–H groups in total. The fourth-order valence-electron chi connectivity index (χ4n) is 1.25. The lowest BCUT2D eigenvalue weighted by molar-refractivity contribution is -0.137. The van der Waals surface area contributed by atoms with Crippen LogP contribution in [0.3, 0.4) is 0 Å². The van der Waals surface area contributed by atoms with Crippen molar-refractivity contribution in [3.05, 3.63) is 27.7 Å². The second-order valence-corrected chi connectivity index (χ2v) is 4.93. The van der Waals surface area contributed by atoms with Gasteiger partial charge in [-0.3, -0.25) is 0 Å². The fraction of sp³-hybridized carbons (Fsp3) is 0.400. The number of nitrogens with two attached hydrogens (primary N) is 1. The van der Waals surface area contributed by atoms with Crippen molar-refractivity contribution in [3.8, 4) is 5.75 Å². The van der Waals surface area contributed by atoms with Crippen molar-refractivity contribution < 1.29 is 18.3 Å². The van der Waals surface area contributed by atoms with E-state index in [1.165, 1.54) is 13.8 Å². The molecule has 0 unspecified atom stereocenters. The highest BCUT2D eigenvalue weighted by molar-refractivity contribution is 9.10. The minimum Gasteiger partial charge on any atom is -0.506 e. The lowest BCUT2D eigenvalue weighted by Crippen LogP contribution is -2.29. The highest BCUT2D eigenvalue weighted by atomic mass is 79.9. The number of aromatic hydroxyl groups is 1. The summed E-state index contributed by atoms with van der Waals surface area (Å²) in [7, 11) is 0. The second kappa shape index (κ2) is 3.92. The van der Waals surface area contributed by atoms with Gasteiger partial charge in [0.15, 0.2) is 0 Å². The molecule has 0 amide bonds. The molecule has 0 aliphatic carbocycles. The number of hydrogen-bond acceptors (Lipinski definition) is 2. The number of rotatable bonds is 1. The maximum atomic E-state index is 12.5. The number of phenols is 1. The summed E-state index contributed by atoms with van der Waals surface area (Å²) in [5, 5.41) is 9.63. The van der Waals surface area contributed by atoms with E-state index in [0.29, 0.717) is 0 Å². The molecule has 0 bridgehead atoms. The largest absolute Gasteiger partial charge is 0.506 e. The van der Waals surface area contributed by atoms with Crippen LogP contribution in [-0.4, -0.2) is 5.11 Å². The highest BCUT2D eigenvalue weighted by Crippen LogP contribution is 2.40. The van der Waals surface area contributed by atoms with Crippen LogP contribution in [0.4, 0.5) is 13.2 Å². The molecule has 0 aliphatic heterocycles. The number of hydrogen-bond donors (Lipinski definition) is 2. The van der Waals surface area contributed by atoms with Gasteiger partial charge >= 0.3 is 6.18 Å². The molecule has 16 heavy (non-hydrogen) atoms. The number of benzene rings is 1. The van der Waals surface area contributed by atoms with Crippen LogP contribution < -0.4 is 5.73 Å². The first-order chi connectivity index (χ1) is 7.03. The predicted octanol–water partition coefficient (Wildman–Crippen LogP) is 3.37. The molecular formula is C10H11BrF3NO. The van der Waals surface area contributed by atoms with Gasteiger partial charge in [0.2, 0.25) is 0 Å². The molecule has 0 aromatic heterocycles. The maximum Gasteiger partial charge on any atom is 0.416 e. The molecule has 0 spiro atoms. The van der Waals surface area contributed by atoms with Gasteiger partial charge < -0.3 is 10.8 Å². The Balaban J connectivity index is 3.46. The lowest BCUT2D eigenvalue weighted by atomic mass is 9.93. The third-order valence-electron chi connectivity index (χ3n) is 2.08. The van der Waals surface area contributed by atoms with Crippen LogP contribution in [0.1, 0.15) is 25.0 Å². The molecule has 1 aromatic carbocycles. The van der Waals surface area contributed by atoms with Crippen LogP contribution in [0.15, 0.2) is 16.6 Å². The molecule has 0 fully saturated rings. The Morgan fingerprint density at radius 1 is 1.25 bits per heavy atom. The minimum absolute atomic E-state index is 0.0177. The Morgan fingerprint density at radius 3 is 2.12 bits per heavy atom. The lowest BCUT2D eigenvalue weighted by Gasteiger charge is -2.22. The predicted molar refractivity (Wildman–Crippen MR) is 58.0 cm³/mol. The van der Waals surface area contributed by atoms with E-state index in [0.717, 1.165) is 12.1 Å². The summed E-state index contributed by atoms with van der Waals surface area (Å²) in [6.45, 7) is 3.04. The van der Waals surface area contributed by atoms with Gasteiger partial charge in [0.25, 0.3) is 0 Å². The zero-order valence-corrected chi connectivity index (χ0v) is 10.3. The number of phenolic OH excluding ortho intramolecular Hbond substituents is 1. The summed E-state index contributed by atoms with van der Waals surface area (Å²) in [6.07, 6.45) is -4.46. The average Bonchev–Trinajstić information content (AvgIpc) is 2.05. The molecule has 1 aromatic rings. The number of alkyl halides is 3. The summed E-state index contributed by atoms with van der Waals surface area (Å²) < 4.78 is 37.6. The van der Waals surface area contributed by atoms with E-state index < -0.39 is 17.3 Å². The van der Waals surface area contributed by atoms with Crippen molar-refractivity contribution in [1.82, 2.24) is 0 Å². The van der Waals surface area contributed by atoms with E-state index in [1.807, 2.05) is 0 Å². The van der Waals surface area contributed by atoms with Crippen LogP contribution in [0.2, 0.25) is 0 Å². The van der Waals surface area contributed by atoms with Crippen molar-refractivity contribution in [2.24, 2.45) is 5.73 Å². The fourth-order valence-corrected chi connectivity index (χ4v) is 1.71. The monoisotopic (exact) mass is 297 g/mol. The Morgan fingerprint density at radius 2 is 1.75 bits per heavy atom. The van der Waals surface area contributed by atoms with Gasteiger partial charge in [-0.25, -0.2) is 0 Å².